The third-order valence-electron chi connectivity index (χ3n) is 5.66. The number of hydrogen-bond donors (Lipinski definition) is 3. The highest BCUT2D eigenvalue weighted by Gasteiger charge is 2.37. The Morgan fingerprint density at radius 1 is 1.03 bits per heavy atom. The molecule has 0 aliphatic rings. The molecule has 0 aliphatic heterocycles. The molecule has 206 valence electrons. The van der Waals surface area contributed by atoms with Gasteiger partial charge in [-0.05, 0) is 76.9 Å². The Labute approximate surface area is 223 Å². The number of anilines is 1. The summed E-state index contributed by atoms with van der Waals surface area (Å²) < 4.78 is 10.5. The number of rotatable bonds is 10. The molecule has 4 N–H and O–H groups in total. The lowest BCUT2D eigenvalue weighted by molar-refractivity contribution is -0.141. The van der Waals surface area contributed by atoms with E-state index in [9.17, 15) is 19.2 Å². The van der Waals surface area contributed by atoms with Crippen LogP contribution in [0, 0.1) is 13.8 Å². The molecule has 0 spiro atoms. The monoisotopic (exact) mass is 526 g/mol. The molecular weight excluding hydrogens is 488 g/mol. The largest absolute Gasteiger partial charge is 0.497 e. The molecule has 10 heteroatoms. The van der Waals surface area contributed by atoms with Crippen molar-refractivity contribution in [1.82, 2.24) is 10.2 Å². The Morgan fingerprint density at radius 2 is 1.66 bits per heavy atom. The van der Waals surface area contributed by atoms with Gasteiger partial charge >= 0.3 is 6.09 Å². The fraction of sp³-hybridized carbons (Fsp3) is 0.429. The van der Waals surface area contributed by atoms with Crippen molar-refractivity contribution < 1.29 is 28.7 Å². The molecule has 2 atom stereocenters. The van der Waals surface area contributed by atoms with E-state index >= 15 is 0 Å². The van der Waals surface area contributed by atoms with E-state index in [1.807, 2.05) is 26.0 Å². The molecule has 2 rings (SSSR count). The maximum atomic E-state index is 13.8. The SMILES string of the molecule is CCN(C(=O)C(CC(N)=O)NC(=O)OC(C)(C)C)C(C(=O)Nc1ccc(OC)cc1)c1ccc(C)cc1C. The molecule has 0 saturated carbocycles. The highest BCUT2D eigenvalue weighted by molar-refractivity contribution is 6.00. The fourth-order valence-corrected chi connectivity index (χ4v) is 3.98. The molecule has 0 aliphatic carbocycles. The first-order chi connectivity index (χ1) is 17.7. The number of carbonyl (C=O) groups excluding carboxylic acids is 4. The van der Waals surface area contributed by atoms with Crippen molar-refractivity contribution in [1.29, 1.82) is 0 Å². The molecule has 2 unspecified atom stereocenters. The van der Waals surface area contributed by atoms with Gasteiger partial charge in [0.25, 0.3) is 5.91 Å². The third kappa shape index (κ3) is 8.50. The van der Waals surface area contributed by atoms with Crippen LogP contribution in [0.4, 0.5) is 10.5 Å². The van der Waals surface area contributed by atoms with Crippen LogP contribution < -0.4 is 21.1 Å². The summed E-state index contributed by atoms with van der Waals surface area (Å²) >= 11 is 0. The molecule has 0 aromatic heterocycles. The number of amides is 4. The van der Waals surface area contributed by atoms with Gasteiger partial charge in [0.05, 0.1) is 13.5 Å². The highest BCUT2D eigenvalue weighted by Crippen LogP contribution is 2.28. The van der Waals surface area contributed by atoms with Crippen molar-refractivity contribution in [2.75, 3.05) is 19.0 Å². The summed E-state index contributed by atoms with van der Waals surface area (Å²) in [6.07, 6.45) is -1.34. The van der Waals surface area contributed by atoms with Crippen molar-refractivity contribution >= 4 is 29.5 Å². The number of nitrogens with one attached hydrogen (secondary N) is 2. The zero-order valence-electron chi connectivity index (χ0n) is 23.1. The highest BCUT2D eigenvalue weighted by atomic mass is 16.6. The van der Waals surface area contributed by atoms with Crippen molar-refractivity contribution in [3.63, 3.8) is 0 Å². The summed E-state index contributed by atoms with van der Waals surface area (Å²) in [5.74, 6) is -1.28. The van der Waals surface area contributed by atoms with Crippen LogP contribution >= 0.6 is 0 Å². The predicted octanol–water partition coefficient (Wildman–Crippen LogP) is 3.61. The topological polar surface area (TPSA) is 140 Å². The van der Waals surface area contributed by atoms with E-state index in [2.05, 4.69) is 10.6 Å². The van der Waals surface area contributed by atoms with Crippen molar-refractivity contribution in [3.05, 3.63) is 59.2 Å². The van der Waals surface area contributed by atoms with E-state index in [1.54, 1.807) is 65.1 Å². The van der Waals surface area contributed by atoms with Crippen LogP contribution in [0.15, 0.2) is 42.5 Å². The van der Waals surface area contributed by atoms with E-state index in [-0.39, 0.29) is 6.54 Å². The van der Waals surface area contributed by atoms with E-state index in [0.717, 1.165) is 11.1 Å². The minimum atomic E-state index is -1.33. The molecule has 0 radical (unpaired) electrons. The second-order valence-corrected chi connectivity index (χ2v) is 9.97. The Hall–Kier alpha value is -4.08. The number of primary amides is 1. The Balaban J connectivity index is 2.49. The fourth-order valence-electron chi connectivity index (χ4n) is 3.98. The zero-order valence-corrected chi connectivity index (χ0v) is 23.1. The molecule has 10 nitrogen and oxygen atoms in total. The summed E-state index contributed by atoms with van der Waals surface area (Å²) in [4.78, 5) is 53.1. The maximum absolute atomic E-state index is 13.8. The first-order valence-corrected chi connectivity index (χ1v) is 12.4. The standard InChI is InChI=1S/C28H38N4O6/c1-8-32(26(35)22(16-23(29)33)31-27(36)38-28(4,5)6)24(21-14-9-17(2)15-18(21)3)25(34)30-19-10-12-20(37-7)13-11-19/h9-15,22,24H,8,16H2,1-7H3,(H2,29,33)(H,30,34)(H,31,36). The number of methoxy groups -OCH3 is 1. The second-order valence-electron chi connectivity index (χ2n) is 9.97. The number of hydrogen-bond acceptors (Lipinski definition) is 6. The summed E-state index contributed by atoms with van der Waals surface area (Å²) in [7, 11) is 1.54. The number of aryl methyl sites for hydroxylation is 2. The van der Waals surface area contributed by atoms with Crippen LogP contribution in [0.1, 0.15) is 56.8 Å². The van der Waals surface area contributed by atoms with E-state index in [0.29, 0.717) is 17.0 Å². The van der Waals surface area contributed by atoms with Gasteiger partial charge in [0.2, 0.25) is 11.8 Å². The van der Waals surface area contributed by atoms with Crippen LogP contribution in [0.5, 0.6) is 5.75 Å². The molecule has 0 bridgehead atoms. The Bertz CT molecular complexity index is 1160. The number of likely N-dealkylation sites (N-methyl/N-ethyl adjacent to an activating group) is 1. The molecule has 4 amide bonds. The molecule has 0 saturated heterocycles. The van der Waals surface area contributed by atoms with Gasteiger partial charge in [-0.25, -0.2) is 4.79 Å². The zero-order chi connectivity index (χ0) is 28.6. The minimum absolute atomic E-state index is 0.109. The molecule has 2 aromatic carbocycles. The number of ether oxygens (including phenoxy) is 2. The molecule has 38 heavy (non-hydrogen) atoms. The van der Waals surface area contributed by atoms with Crippen LogP contribution in [0.3, 0.4) is 0 Å². The van der Waals surface area contributed by atoms with Gasteiger partial charge in [-0.15, -0.1) is 0 Å². The number of carbonyl (C=O) groups is 4. The lowest BCUT2D eigenvalue weighted by Gasteiger charge is -2.34. The van der Waals surface area contributed by atoms with Gasteiger partial charge in [-0.1, -0.05) is 23.8 Å². The lowest BCUT2D eigenvalue weighted by atomic mass is 9.96. The summed E-state index contributed by atoms with van der Waals surface area (Å²) in [6.45, 7) is 10.6. The van der Waals surface area contributed by atoms with Crippen LogP contribution in [0.2, 0.25) is 0 Å². The van der Waals surface area contributed by atoms with E-state index < -0.39 is 47.9 Å². The van der Waals surface area contributed by atoms with E-state index in [4.69, 9.17) is 15.2 Å². The minimum Gasteiger partial charge on any atom is -0.497 e. The molecule has 0 heterocycles. The summed E-state index contributed by atoms with van der Waals surface area (Å²) in [5, 5.41) is 5.31. The number of nitrogens with zero attached hydrogens (tertiary/aromatic N) is 1. The van der Waals surface area contributed by atoms with Gasteiger partial charge in [0.1, 0.15) is 23.4 Å². The quantitative estimate of drug-likeness (QED) is 0.432. The number of benzene rings is 2. The van der Waals surface area contributed by atoms with Gasteiger partial charge in [0.15, 0.2) is 0 Å². The lowest BCUT2D eigenvalue weighted by Crippen LogP contribution is -2.53. The molecule has 0 fully saturated rings. The van der Waals surface area contributed by atoms with Crippen LogP contribution in [0.25, 0.3) is 0 Å². The van der Waals surface area contributed by atoms with Gasteiger partial charge in [0, 0.05) is 12.2 Å². The van der Waals surface area contributed by atoms with Crippen molar-refractivity contribution in [2.45, 2.75) is 65.6 Å². The predicted molar refractivity (Wildman–Crippen MR) is 145 cm³/mol. The first-order valence-electron chi connectivity index (χ1n) is 12.4. The summed E-state index contributed by atoms with van der Waals surface area (Å²) in [5.41, 5.74) is 7.48. The Kier molecular flexibility index (Phi) is 10.3. The second kappa shape index (κ2) is 12.9. The van der Waals surface area contributed by atoms with Crippen molar-refractivity contribution in [3.8, 4) is 5.75 Å². The maximum Gasteiger partial charge on any atom is 0.408 e. The normalized spacial score (nSPS) is 12.6. The van der Waals surface area contributed by atoms with E-state index in [1.165, 1.54) is 4.90 Å². The van der Waals surface area contributed by atoms with Crippen LogP contribution in [-0.4, -0.2) is 54.0 Å². The summed E-state index contributed by atoms with van der Waals surface area (Å²) in [6, 6.07) is 9.96. The first kappa shape index (κ1) is 30.1. The Morgan fingerprint density at radius 3 is 2.16 bits per heavy atom. The third-order valence-corrected chi connectivity index (χ3v) is 5.66. The van der Waals surface area contributed by atoms with Gasteiger partial charge in [-0.2, -0.15) is 0 Å². The van der Waals surface area contributed by atoms with Gasteiger partial charge in [-0.3, -0.25) is 14.4 Å². The molecule has 2 aromatic rings. The molecular formula is C28H38N4O6. The average molecular weight is 527 g/mol. The smallest absolute Gasteiger partial charge is 0.408 e. The van der Waals surface area contributed by atoms with Crippen LogP contribution in [-0.2, 0) is 19.1 Å². The van der Waals surface area contributed by atoms with Gasteiger partial charge < -0.3 is 30.7 Å². The average Bonchev–Trinajstić information content (AvgIpc) is 2.81. The number of alkyl carbamates (subject to hydrolysis) is 1. The van der Waals surface area contributed by atoms with Crippen molar-refractivity contribution in [2.24, 2.45) is 5.73 Å². The number of nitrogens with two attached hydrogens (primary N) is 1.